The van der Waals surface area contributed by atoms with Crippen molar-refractivity contribution in [2.24, 2.45) is 11.3 Å². The molecular weight excluding hydrogens is 380 g/mol. The van der Waals surface area contributed by atoms with Crippen molar-refractivity contribution < 1.29 is 22.7 Å². The predicted molar refractivity (Wildman–Crippen MR) is 109 cm³/mol. The first-order valence-corrected chi connectivity index (χ1v) is 11.2. The van der Waals surface area contributed by atoms with Crippen LogP contribution >= 0.6 is 0 Å². The van der Waals surface area contributed by atoms with Crippen LogP contribution in [0.2, 0.25) is 0 Å². The molecule has 158 valence electrons. The first-order valence-electron chi connectivity index (χ1n) is 9.55. The van der Waals surface area contributed by atoms with Gasteiger partial charge in [-0.3, -0.25) is 4.79 Å². The second kappa shape index (κ2) is 9.13. The molecule has 2 N–H and O–H groups in total. The number of sulfonamides is 1. The van der Waals surface area contributed by atoms with Gasteiger partial charge in [-0.05, 0) is 42.7 Å². The third kappa shape index (κ3) is 6.67. The molecule has 28 heavy (non-hydrogen) atoms. The zero-order valence-corrected chi connectivity index (χ0v) is 18.2. The van der Waals surface area contributed by atoms with Gasteiger partial charge in [0.25, 0.3) is 5.91 Å². The summed E-state index contributed by atoms with van der Waals surface area (Å²) in [6.07, 6.45) is 2.77. The summed E-state index contributed by atoms with van der Waals surface area (Å²) in [5.74, 6) is 0.935. The number of methoxy groups -OCH3 is 2. The Hall–Kier alpha value is -1.80. The molecule has 2 atom stereocenters. The lowest BCUT2D eigenvalue weighted by Gasteiger charge is -2.39. The van der Waals surface area contributed by atoms with Crippen LogP contribution in [0.4, 0.5) is 0 Å². The lowest BCUT2D eigenvalue weighted by molar-refractivity contribution is 0.0955. The molecule has 0 spiro atoms. The lowest BCUT2D eigenvalue weighted by Crippen LogP contribution is -2.45. The van der Waals surface area contributed by atoms with E-state index >= 15 is 0 Å². The molecular formula is C20H32N2O5S. The average molecular weight is 413 g/mol. The second-order valence-corrected chi connectivity index (χ2v) is 10.3. The van der Waals surface area contributed by atoms with Crippen LogP contribution in [-0.2, 0) is 10.0 Å². The first kappa shape index (κ1) is 22.5. The van der Waals surface area contributed by atoms with Gasteiger partial charge in [-0.15, -0.1) is 0 Å². The highest BCUT2D eigenvalue weighted by Gasteiger charge is 2.33. The zero-order valence-electron chi connectivity index (χ0n) is 17.4. The van der Waals surface area contributed by atoms with E-state index in [0.29, 0.717) is 23.0 Å². The van der Waals surface area contributed by atoms with Crippen LogP contribution in [0, 0.1) is 11.3 Å². The molecule has 1 fully saturated rings. The van der Waals surface area contributed by atoms with E-state index in [1.165, 1.54) is 14.2 Å². The zero-order chi connectivity index (χ0) is 20.9. The van der Waals surface area contributed by atoms with E-state index in [1.807, 2.05) is 0 Å². The summed E-state index contributed by atoms with van der Waals surface area (Å²) in [5, 5.41) is 2.65. The minimum Gasteiger partial charge on any atom is -0.497 e. The Morgan fingerprint density at radius 3 is 2.29 bits per heavy atom. The molecule has 0 aliphatic heterocycles. The van der Waals surface area contributed by atoms with Crippen molar-refractivity contribution in [2.75, 3.05) is 26.5 Å². The maximum atomic E-state index is 12.4. The predicted octanol–water partition coefficient (Wildman–Crippen LogP) is 2.57. The highest BCUT2D eigenvalue weighted by atomic mass is 32.2. The van der Waals surface area contributed by atoms with Crippen LogP contribution in [0.25, 0.3) is 0 Å². The van der Waals surface area contributed by atoms with Gasteiger partial charge in [0.1, 0.15) is 11.5 Å². The highest BCUT2D eigenvalue weighted by molar-refractivity contribution is 7.89. The normalized spacial score (nSPS) is 21.8. The largest absolute Gasteiger partial charge is 0.497 e. The van der Waals surface area contributed by atoms with E-state index in [2.05, 4.69) is 30.8 Å². The molecule has 0 radical (unpaired) electrons. The summed E-state index contributed by atoms with van der Waals surface area (Å²) in [6.45, 7) is 6.53. The first-order chi connectivity index (χ1) is 13.0. The number of carbonyl (C=O) groups excluding carboxylic acids is 1. The van der Waals surface area contributed by atoms with Gasteiger partial charge in [0.15, 0.2) is 0 Å². The van der Waals surface area contributed by atoms with Gasteiger partial charge < -0.3 is 14.8 Å². The number of amides is 1. The minimum absolute atomic E-state index is 0.0271. The van der Waals surface area contributed by atoms with Crippen molar-refractivity contribution in [1.82, 2.24) is 10.0 Å². The monoisotopic (exact) mass is 412 g/mol. The number of hydrogen-bond acceptors (Lipinski definition) is 5. The smallest absolute Gasteiger partial charge is 0.251 e. The molecule has 2 rings (SSSR count). The Labute approximate surface area is 168 Å². The molecule has 1 saturated carbocycles. The van der Waals surface area contributed by atoms with Crippen LogP contribution in [0.1, 0.15) is 50.4 Å². The fraction of sp³-hybridized carbons (Fsp3) is 0.650. The number of benzene rings is 1. The summed E-state index contributed by atoms with van der Waals surface area (Å²) >= 11 is 0. The number of carbonyl (C=O) groups is 1. The summed E-state index contributed by atoms with van der Waals surface area (Å²) < 4.78 is 38.0. The van der Waals surface area contributed by atoms with Gasteiger partial charge in [-0.1, -0.05) is 20.8 Å². The fourth-order valence-corrected chi connectivity index (χ4v) is 5.26. The van der Waals surface area contributed by atoms with Crippen molar-refractivity contribution in [3.05, 3.63) is 23.8 Å². The topological polar surface area (TPSA) is 93.7 Å². The van der Waals surface area contributed by atoms with Gasteiger partial charge in [-0.25, -0.2) is 13.1 Å². The van der Waals surface area contributed by atoms with Crippen LogP contribution in [0.15, 0.2) is 18.2 Å². The van der Waals surface area contributed by atoms with Gasteiger partial charge >= 0.3 is 0 Å². The quantitative estimate of drug-likeness (QED) is 0.684. The van der Waals surface area contributed by atoms with E-state index < -0.39 is 10.0 Å². The Balaban J connectivity index is 1.90. The summed E-state index contributed by atoms with van der Waals surface area (Å²) in [6, 6.07) is 4.77. The molecule has 1 aromatic rings. The molecule has 1 aromatic carbocycles. The maximum Gasteiger partial charge on any atom is 0.251 e. The Morgan fingerprint density at radius 1 is 1.14 bits per heavy atom. The third-order valence-corrected chi connectivity index (χ3v) is 6.44. The van der Waals surface area contributed by atoms with E-state index in [-0.39, 0.29) is 29.7 Å². The second-order valence-electron chi connectivity index (χ2n) is 8.40. The maximum absolute atomic E-state index is 12.4. The van der Waals surface area contributed by atoms with Crippen LogP contribution in [0.5, 0.6) is 11.5 Å². The molecule has 8 heteroatoms. The van der Waals surface area contributed by atoms with Crippen molar-refractivity contribution in [3.63, 3.8) is 0 Å². The Kier molecular flexibility index (Phi) is 7.33. The molecule has 0 unspecified atom stereocenters. The number of nitrogens with one attached hydrogen (secondary N) is 2. The van der Waals surface area contributed by atoms with Gasteiger partial charge in [-0.2, -0.15) is 0 Å². The Bertz CT molecular complexity index is 770. The third-order valence-electron chi connectivity index (χ3n) is 5.00. The van der Waals surface area contributed by atoms with Gasteiger partial charge in [0.05, 0.1) is 20.0 Å². The van der Waals surface area contributed by atoms with Crippen molar-refractivity contribution in [2.45, 2.75) is 46.1 Å². The Morgan fingerprint density at radius 2 is 1.75 bits per heavy atom. The molecule has 0 bridgehead atoms. The highest BCUT2D eigenvalue weighted by Crippen LogP contribution is 2.38. The van der Waals surface area contributed by atoms with Crippen LogP contribution < -0.4 is 19.5 Å². The number of hydrogen-bond donors (Lipinski definition) is 2. The molecule has 1 amide bonds. The summed E-state index contributed by atoms with van der Waals surface area (Å²) in [4.78, 5) is 12.3. The van der Waals surface area contributed by atoms with E-state index in [4.69, 9.17) is 9.47 Å². The van der Waals surface area contributed by atoms with E-state index in [1.54, 1.807) is 18.2 Å². The van der Waals surface area contributed by atoms with Crippen LogP contribution in [-0.4, -0.2) is 46.9 Å². The fourth-order valence-electron chi connectivity index (χ4n) is 4.09. The van der Waals surface area contributed by atoms with Crippen molar-refractivity contribution in [1.29, 1.82) is 0 Å². The molecule has 7 nitrogen and oxygen atoms in total. The van der Waals surface area contributed by atoms with E-state index in [9.17, 15) is 13.2 Å². The molecule has 1 aliphatic rings. The van der Waals surface area contributed by atoms with E-state index in [0.717, 1.165) is 19.3 Å². The van der Waals surface area contributed by atoms with Crippen molar-refractivity contribution >= 4 is 15.9 Å². The molecule has 0 saturated heterocycles. The van der Waals surface area contributed by atoms with Crippen molar-refractivity contribution in [3.8, 4) is 11.5 Å². The van der Waals surface area contributed by atoms with Gasteiger partial charge in [0, 0.05) is 24.2 Å². The SMILES string of the molecule is COc1cc(OC)cc(C(=O)NCCS(=O)(=O)N[C@@H]2C[C@@H](C)CC(C)(C)C2)c1. The minimum atomic E-state index is -3.47. The summed E-state index contributed by atoms with van der Waals surface area (Å²) in [5.41, 5.74) is 0.481. The number of rotatable bonds is 8. The summed E-state index contributed by atoms with van der Waals surface area (Å²) in [7, 11) is -0.468. The van der Waals surface area contributed by atoms with Gasteiger partial charge in [0.2, 0.25) is 10.0 Å². The average Bonchev–Trinajstić information content (AvgIpc) is 2.58. The lowest BCUT2D eigenvalue weighted by atomic mass is 9.71. The molecule has 0 aromatic heterocycles. The standard InChI is InChI=1S/C20H32N2O5S/c1-14-8-16(13-20(2,3)12-14)22-28(24,25)7-6-21-19(23)15-9-17(26-4)11-18(10-15)27-5/h9-11,14,16,22H,6-8,12-13H2,1-5H3,(H,21,23)/t14-,16-/m1/s1. The molecule has 1 aliphatic carbocycles. The number of ether oxygens (including phenoxy) is 2. The van der Waals surface area contributed by atoms with Crippen LogP contribution in [0.3, 0.4) is 0 Å². The molecule has 0 heterocycles.